The summed E-state index contributed by atoms with van der Waals surface area (Å²) < 4.78 is 7.99. The van der Waals surface area contributed by atoms with Gasteiger partial charge in [0.15, 0.2) is 0 Å². The molecule has 0 aliphatic carbocycles. The number of rotatable bonds is 5. The molecule has 2 aromatic rings. The van der Waals surface area contributed by atoms with Crippen molar-refractivity contribution in [2.45, 2.75) is 20.0 Å². The van der Waals surface area contributed by atoms with E-state index >= 15 is 0 Å². The van der Waals surface area contributed by atoms with Gasteiger partial charge >= 0.3 is 5.97 Å². The fraction of sp³-hybridized carbons (Fsp3) is 0.176. The first-order valence-electron chi connectivity index (χ1n) is 6.90. The number of halogens is 2. The summed E-state index contributed by atoms with van der Waals surface area (Å²) in [5, 5.41) is 9.04. The van der Waals surface area contributed by atoms with Crippen LogP contribution in [0.2, 0.25) is 0 Å². The van der Waals surface area contributed by atoms with Crippen molar-refractivity contribution in [2.24, 2.45) is 4.99 Å². The van der Waals surface area contributed by atoms with Crippen molar-refractivity contribution < 1.29 is 14.6 Å². The van der Waals surface area contributed by atoms with Crippen LogP contribution in [-0.2, 0) is 0 Å². The van der Waals surface area contributed by atoms with Crippen LogP contribution >= 0.6 is 45.2 Å². The fourth-order valence-corrected chi connectivity index (χ4v) is 3.92. The van der Waals surface area contributed by atoms with Gasteiger partial charge in [0.25, 0.3) is 0 Å². The second-order valence-corrected chi connectivity index (χ2v) is 7.49. The quantitative estimate of drug-likeness (QED) is 0.427. The maximum absolute atomic E-state index is 11.0. The van der Waals surface area contributed by atoms with Gasteiger partial charge in [-0.05, 0) is 89.4 Å². The van der Waals surface area contributed by atoms with Crippen LogP contribution < -0.4 is 4.74 Å². The van der Waals surface area contributed by atoms with Crippen molar-refractivity contribution in [2.75, 3.05) is 0 Å². The molecule has 0 saturated carbocycles. The third kappa shape index (κ3) is 5.17. The summed E-state index contributed by atoms with van der Waals surface area (Å²) in [7, 11) is 0. The molecule has 0 unspecified atom stereocenters. The summed E-state index contributed by atoms with van der Waals surface area (Å²) in [5.41, 5.74) is 1.68. The van der Waals surface area contributed by atoms with Crippen LogP contribution in [0.25, 0.3) is 0 Å². The highest BCUT2D eigenvalue weighted by Crippen LogP contribution is 2.29. The molecule has 0 aromatic heterocycles. The second kappa shape index (κ2) is 8.09. The number of nitrogens with zero attached hydrogens (tertiary/aromatic N) is 1. The van der Waals surface area contributed by atoms with Gasteiger partial charge in [0.1, 0.15) is 5.75 Å². The summed E-state index contributed by atoms with van der Waals surface area (Å²) in [4.78, 5) is 15.4. The minimum absolute atomic E-state index is 0.0612. The van der Waals surface area contributed by atoms with Crippen molar-refractivity contribution >= 4 is 63.1 Å². The molecule has 1 N–H and O–H groups in total. The lowest BCUT2D eigenvalue weighted by Crippen LogP contribution is -2.09. The second-order valence-electron chi connectivity index (χ2n) is 5.09. The zero-order valence-corrected chi connectivity index (χ0v) is 16.9. The van der Waals surface area contributed by atoms with Gasteiger partial charge in [-0.25, -0.2) is 4.79 Å². The average molecular weight is 535 g/mol. The third-order valence-electron chi connectivity index (χ3n) is 2.84. The van der Waals surface area contributed by atoms with E-state index < -0.39 is 5.97 Å². The predicted octanol–water partition coefficient (Wildman–Crippen LogP) is 5.13. The summed E-state index contributed by atoms with van der Waals surface area (Å²) in [6, 6.07) is 10.6. The van der Waals surface area contributed by atoms with Gasteiger partial charge in [-0.3, -0.25) is 4.99 Å². The number of ether oxygens (including phenoxy) is 1. The van der Waals surface area contributed by atoms with Gasteiger partial charge in [0.05, 0.1) is 20.9 Å². The number of aromatic carboxylic acids is 1. The summed E-state index contributed by atoms with van der Waals surface area (Å²) in [6.07, 6.45) is 1.77. The molecule has 0 heterocycles. The molecule has 0 atom stereocenters. The van der Waals surface area contributed by atoms with Gasteiger partial charge in [0, 0.05) is 15.3 Å². The molecule has 120 valence electrons. The Balaban J connectivity index is 2.38. The van der Waals surface area contributed by atoms with Crippen LogP contribution in [0.1, 0.15) is 29.8 Å². The van der Waals surface area contributed by atoms with E-state index in [0.29, 0.717) is 5.69 Å². The number of hydrogen-bond acceptors (Lipinski definition) is 3. The molecule has 0 amide bonds. The zero-order valence-electron chi connectivity index (χ0n) is 12.6. The molecule has 23 heavy (non-hydrogen) atoms. The van der Waals surface area contributed by atoms with E-state index in [1.807, 2.05) is 26.0 Å². The molecule has 0 aliphatic rings. The highest BCUT2D eigenvalue weighted by molar-refractivity contribution is 14.1. The van der Waals surface area contributed by atoms with Crippen molar-refractivity contribution in [3.05, 3.63) is 54.7 Å². The van der Waals surface area contributed by atoms with E-state index in [1.165, 1.54) is 0 Å². The Morgan fingerprint density at radius 1 is 1.26 bits per heavy atom. The number of aliphatic imine (C=N–C) groups is 1. The third-order valence-corrected chi connectivity index (χ3v) is 4.26. The lowest BCUT2D eigenvalue weighted by Gasteiger charge is -2.14. The minimum Gasteiger partial charge on any atom is -0.489 e. The Morgan fingerprint density at radius 2 is 2.00 bits per heavy atom. The number of benzene rings is 2. The number of carbonyl (C=O) groups is 1. The molecule has 0 saturated heterocycles. The molecule has 0 fully saturated rings. The van der Waals surface area contributed by atoms with Crippen molar-refractivity contribution in [3.63, 3.8) is 0 Å². The molecule has 2 rings (SSSR count). The maximum Gasteiger partial charge on any atom is 0.335 e. The van der Waals surface area contributed by atoms with Crippen LogP contribution in [0, 0.1) is 7.14 Å². The maximum atomic E-state index is 11.0. The van der Waals surface area contributed by atoms with Gasteiger partial charge in [-0.15, -0.1) is 0 Å². The SMILES string of the molecule is CC(C)Oc1c(I)cc(I)cc1C=Nc1cccc(C(=O)O)c1. The Morgan fingerprint density at radius 3 is 2.65 bits per heavy atom. The van der Waals surface area contributed by atoms with Gasteiger partial charge in [-0.2, -0.15) is 0 Å². The molecule has 0 bridgehead atoms. The molecule has 0 aliphatic heterocycles. The van der Waals surface area contributed by atoms with Gasteiger partial charge in [0.2, 0.25) is 0 Å². The monoisotopic (exact) mass is 535 g/mol. The van der Waals surface area contributed by atoms with Crippen molar-refractivity contribution in [3.8, 4) is 5.75 Å². The van der Waals surface area contributed by atoms with Crippen LogP contribution in [-0.4, -0.2) is 23.4 Å². The molecular formula is C17H15I2NO3. The van der Waals surface area contributed by atoms with Gasteiger partial charge < -0.3 is 9.84 Å². The molecule has 4 nitrogen and oxygen atoms in total. The number of hydrogen-bond donors (Lipinski definition) is 1. The summed E-state index contributed by atoms with van der Waals surface area (Å²) >= 11 is 4.49. The molecule has 6 heteroatoms. The van der Waals surface area contributed by atoms with Crippen LogP contribution in [0.3, 0.4) is 0 Å². The first-order valence-corrected chi connectivity index (χ1v) is 9.05. The normalized spacial score (nSPS) is 11.2. The van der Waals surface area contributed by atoms with Crippen LogP contribution in [0.5, 0.6) is 5.75 Å². The Kier molecular flexibility index (Phi) is 6.40. The van der Waals surface area contributed by atoms with E-state index in [-0.39, 0.29) is 11.7 Å². The summed E-state index contributed by atoms with van der Waals surface area (Å²) in [6.45, 7) is 3.95. The number of carboxylic acids is 1. The average Bonchev–Trinajstić information content (AvgIpc) is 2.48. The molecular weight excluding hydrogens is 520 g/mol. The first-order chi connectivity index (χ1) is 10.9. The first kappa shape index (κ1) is 18.2. The minimum atomic E-state index is -0.963. The highest BCUT2D eigenvalue weighted by atomic mass is 127. The molecule has 0 spiro atoms. The lowest BCUT2D eigenvalue weighted by atomic mass is 10.2. The fourth-order valence-electron chi connectivity index (χ4n) is 1.90. The van der Waals surface area contributed by atoms with Crippen molar-refractivity contribution in [1.82, 2.24) is 0 Å². The van der Waals surface area contributed by atoms with E-state index in [1.54, 1.807) is 30.5 Å². The predicted molar refractivity (Wildman–Crippen MR) is 108 cm³/mol. The van der Waals surface area contributed by atoms with Crippen LogP contribution in [0.4, 0.5) is 5.69 Å². The van der Waals surface area contributed by atoms with Gasteiger partial charge in [-0.1, -0.05) is 6.07 Å². The van der Waals surface area contributed by atoms with E-state index in [9.17, 15) is 4.79 Å². The molecule has 0 radical (unpaired) electrons. The molecule has 2 aromatic carbocycles. The van der Waals surface area contributed by atoms with E-state index in [0.717, 1.165) is 18.5 Å². The Bertz CT molecular complexity index is 757. The Labute approximate surface area is 162 Å². The number of carboxylic acid groups (broad SMARTS) is 1. The summed E-state index contributed by atoms with van der Waals surface area (Å²) in [5.74, 6) is -0.172. The smallest absolute Gasteiger partial charge is 0.335 e. The lowest BCUT2D eigenvalue weighted by molar-refractivity contribution is 0.0697. The van der Waals surface area contributed by atoms with E-state index in [2.05, 4.69) is 50.2 Å². The van der Waals surface area contributed by atoms with E-state index in [4.69, 9.17) is 9.84 Å². The zero-order chi connectivity index (χ0) is 17.0. The topological polar surface area (TPSA) is 58.9 Å². The largest absolute Gasteiger partial charge is 0.489 e. The Hall–Kier alpha value is -1.16. The van der Waals surface area contributed by atoms with Crippen LogP contribution in [0.15, 0.2) is 41.4 Å². The standard InChI is InChI=1S/C17H15I2NO3/c1-10(2)23-16-12(6-13(18)8-15(16)19)9-20-14-5-3-4-11(7-14)17(21)22/h3-10H,1-2H3,(H,21,22). The van der Waals surface area contributed by atoms with Crippen molar-refractivity contribution in [1.29, 1.82) is 0 Å². The highest BCUT2D eigenvalue weighted by Gasteiger charge is 2.10.